The minimum absolute atomic E-state index is 0.0641. The average molecular weight is 263 g/mol. The van der Waals surface area contributed by atoms with E-state index in [-0.39, 0.29) is 11.4 Å². The molecule has 0 aliphatic heterocycles. The number of rotatable bonds is 4. The van der Waals surface area contributed by atoms with Crippen molar-refractivity contribution in [1.29, 1.82) is 0 Å². The molecule has 0 aliphatic carbocycles. The molecule has 2 aromatic rings. The zero-order valence-electron chi connectivity index (χ0n) is 9.84. The van der Waals surface area contributed by atoms with Gasteiger partial charge in [0, 0.05) is 16.3 Å². The van der Waals surface area contributed by atoms with Crippen LogP contribution in [-0.4, -0.2) is 4.92 Å². The fourth-order valence-electron chi connectivity index (χ4n) is 1.67. The smallest absolute Gasteiger partial charge is 0.314 e. The van der Waals surface area contributed by atoms with Crippen molar-refractivity contribution in [2.24, 2.45) is 0 Å². The van der Waals surface area contributed by atoms with Crippen LogP contribution in [0.5, 0.6) is 0 Å². The van der Waals surface area contributed by atoms with Crippen molar-refractivity contribution in [2.75, 3.05) is 11.1 Å². The molecule has 1 aromatic carbocycles. The lowest BCUT2D eigenvalue weighted by Gasteiger charge is -2.07. The van der Waals surface area contributed by atoms with Gasteiger partial charge in [-0.1, -0.05) is 6.07 Å². The Hall–Kier alpha value is -2.08. The average Bonchev–Trinajstić information content (AvgIpc) is 2.72. The Labute approximate surface area is 108 Å². The van der Waals surface area contributed by atoms with Crippen molar-refractivity contribution in [1.82, 2.24) is 0 Å². The molecule has 1 aromatic heterocycles. The predicted molar refractivity (Wildman–Crippen MR) is 73.9 cm³/mol. The van der Waals surface area contributed by atoms with Crippen LogP contribution in [0.4, 0.5) is 17.1 Å². The van der Waals surface area contributed by atoms with E-state index in [0.29, 0.717) is 12.2 Å². The second-order valence-electron chi connectivity index (χ2n) is 3.87. The van der Waals surface area contributed by atoms with E-state index in [4.69, 9.17) is 5.73 Å². The highest BCUT2D eigenvalue weighted by Gasteiger charge is 2.17. The molecular formula is C12H13N3O2S. The summed E-state index contributed by atoms with van der Waals surface area (Å²) in [5.74, 6) is 0. The maximum atomic E-state index is 10.9. The number of thiophene rings is 1. The van der Waals surface area contributed by atoms with Crippen LogP contribution < -0.4 is 11.1 Å². The molecule has 0 amide bonds. The molecule has 0 aliphatic rings. The minimum atomic E-state index is -0.461. The van der Waals surface area contributed by atoms with E-state index in [1.54, 1.807) is 23.5 Å². The normalized spacial score (nSPS) is 10.3. The Kier molecular flexibility index (Phi) is 3.47. The van der Waals surface area contributed by atoms with Crippen LogP contribution in [0.1, 0.15) is 9.75 Å². The molecule has 0 spiro atoms. The Morgan fingerprint density at radius 3 is 2.78 bits per heavy atom. The standard InChI is InChI=1S/C12H13N3O2S/c1-8-5-6-9(18-8)7-14-11-4-2-3-10(13)12(11)15(16)17/h2-6,14H,7,13H2,1H3. The van der Waals surface area contributed by atoms with Gasteiger partial charge in [0.15, 0.2) is 0 Å². The van der Waals surface area contributed by atoms with Crippen LogP contribution >= 0.6 is 11.3 Å². The SMILES string of the molecule is Cc1ccc(CNc2cccc(N)c2[N+](=O)[O-])s1. The van der Waals surface area contributed by atoms with Crippen LogP contribution in [0.2, 0.25) is 0 Å². The molecule has 0 saturated heterocycles. The molecule has 0 unspecified atom stereocenters. The molecule has 0 fully saturated rings. The largest absolute Gasteiger partial charge is 0.393 e. The number of para-hydroxylation sites is 1. The van der Waals surface area contributed by atoms with Gasteiger partial charge in [-0.15, -0.1) is 11.3 Å². The van der Waals surface area contributed by atoms with Crippen molar-refractivity contribution in [2.45, 2.75) is 13.5 Å². The molecule has 1 heterocycles. The van der Waals surface area contributed by atoms with Gasteiger partial charge in [0.05, 0.1) is 4.92 Å². The molecule has 2 rings (SSSR count). The summed E-state index contributed by atoms with van der Waals surface area (Å²) in [5.41, 5.74) is 6.18. The lowest BCUT2D eigenvalue weighted by atomic mass is 10.2. The topological polar surface area (TPSA) is 81.2 Å². The van der Waals surface area contributed by atoms with Crippen molar-refractivity contribution in [3.8, 4) is 0 Å². The molecule has 6 heteroatoms. The number of hydrogen-bond acceptors (Lipinski definition) is 5. The third-order valence-corrected chi connectivity index (χ3v) is 3.50. The molecule has 5 nitrogen and oxygen atoms in total. The van der Waals surface area contributed by atoms with E-state index in [2.05, 4.69) is 5.32 Å². The number of anilines is 2. The lowest BCUT2D eigenvalue weighted by Crippen LogP contribution is -2.03. The maximum Gasteiger partial charge on any atom is 0.314 e. The number of nitrogens with zero attached hydrogens (tertiary/aromatic N) is 1. The van der Waals surface area contributed by atoms with Crippen LogP contribution in [0.15, 0.2) is 30.3 Å². The highest BCUT2D eigenvalue weighted by Crippen LogP contribution is 2.31. The van der Waals surface area contributed by atoms with Crippen molar-refractivity contribution in [3.05, 3.63) is 50.2 Å². The van der Waals surface area contributed by atoms with Crippen molar-refractivity contribution in [3.63, 3.8) is 0 Å². The predicted octanol–water partition coefficient (Wildman–Crippen LogP) is 3.16. The van der Waals surface area contributed by atoms with Crippen LogP contribution in [0.3, 0.4) is 0 Å². The van der Waals surface area contributed by atoms with Gasteiger partial charge >= 0.3 is 5.69 Å². The second kappa shape index (κ2) is 5.05. The summed E-state index contributed by atoms with van der Waals surface area (Å²) >= 11 is 1.66. The van der Waals surface area contributed by atoms with Crippen LogP contribution in [-0.2, 0) is 6.54 Å². The first-order chi connectivity index (χ1) is 8.58. The summed E-state index contributed by atoms with van der Waals surface area (Å²) in [5, 5.41) is 14.0. The highest BCUT2D eigenvalue weighted by molar-refractivity contribution is 7.11. The molecular weight excluding hydrogens is 250 g/mol. The summed E-state index contributed by atoms with van der Waals surface area (Å²) in [6.45, 7) is 2.58. The molecule has 0 saturated carbocycles. The van der Waals surface area contributed by atoms with Gasteiger partial charge in [-0.3, -0.25) is 10.1 Å². The number of nitro benzene ring substituents is 1. The molecule has 18 heavy (non-hydrogen) atoms. The quantitative estimate of drug-likeness (QED) is 0.504. The molecule has 0 radical (unpaired) electrons. The summed E-state index contributed by atoms with van der Waals surface area (Å²) < 4.78 is 0. The number of hydrogen-bond donors (Lipinski definition) is 2. The maximum absolute atomic E-state index is 10.9. The van der Waals surface area contributed by atoms with Crippen LogP contribution in [0, 0.1) is 17.0 Å². The summed E-state index contributed by atoms with van der Waals surface area (Å²) in [6, 6.07) is 8.92. The Morgan fingerprint density at radius 1 is 1.39 bits per heavy atom. The molecule has 3 N–H and O–H groups in total. The third kappa shape index (κ3) is 2.60. The minimum Gasteiger partial charge on any atom is -0.393 e. The van der Waals surface area contributed by atoms with E-state index in [1.165, 1.54) is 10.9 Å². The van der Waals surface area contributed by atoms with E-state index in [1.807, 2.05) is 19.1 Å². The van der Waals surface area contributed by atoms with E-state index < -0.39 is 4.92 Å². The highest BCUT2D eigenvalue weighted by atomic mass is 32.1. The number of nitrogen functional groups attached to an aromatic ring is 1. The number of nitrogens with two attached hydrogens (primary N) is 1. The summed E-state index contributed by atoms with van der Waals surface area (Å²) in [7, 11) is 0. The second-order valence-corrected chi connectivity index (χ2v) is 5.24. The number of aryl methyl sites for hydroxylation is 1. The van der Waals surface area contributed by atoms with Crippen molar-refractivity contribution < 1.29 is 4.92 Å². The first kappa shape index (κ1) is 12.4. The van der Waals surface area contributed by atoms with Crippen molar-refractivity contribution >= 4 is 28.4 Å². The first-order valence-corrected chi connectivity index (χ1v) is 6.21. The van der Waals surface area contributed by atoms with Gasteiger partial charge in [-0.2, -0.15) is 0 Å². The zero-order chi connectivity index (χ0) is 13.1. The van der Waals surface area contributed by atoms with Gasteiger partial charge in [0.1, 0.15) is 11.4 Å². The van der Waals surface area contributed by atoms with E-state index >= 15 is 0 Å². The summed E-state index contributed by atoms with van der Waals surface area (Å²) in [4.78, 5) is 12.8. The van der Waals surface area contributed by atoms with Gasteiger partial charge < -0.3 is 11.1 Å². The zero-order valence-corrected chi connectivity index (χ0v) is 10.7. The fourth-order valence-corrected chi connectivity index (χ4v) is 2.50. The Morgan fingerprint density at radius 2 is 2.17 bits per heavy atom. The molecule has 0 atom stereocenters. The van der Waals surface area contributed by atoms with Gasteiger partial charge in [-0.05, 0) is 31.2 Å². The number of nitrogens with one attached hydrogen (secondary N) is 1. The third-order valence-electron chi connectivity index (χ3n) is 2.50. The van der Waals surface area contributed by atoms with E-state index in [9.17, 15) is 10.1 Å². The number of benzene rings is 1. The van der Waals surface area contributed by atoms with Crippen LogP contribution in [0.25, 0.3) is 0 Å². The molecule has 0 bridgehead atoms. The first-order valence-electron chi connectivity index (χ1n) is 5.40. The monoisotopic (exact) mass is 263 g/mol. The Bertz CT molecular complexity index is 580. The Balaban J connectivity index is 2.19. The van der Waals surface area contributed by atoms with Gasteiger partial charge in [0.2, 0.25) is 0 Å². The summed E-state index contributed by atoms with van der Waals surface area (Å²) in [6.07, 6.45) is 0. The van der Waals surface area contributed by atoms with Gasteiger partial charge in [-0.25, -0.2) is 0 Å². The van der Waals surface area contributed by atoms with Gasteiger partial charge in [0.25, 0.3) is 0 Å². The lowest BCUT2D eigenvalue weighted by molar-refractivity contribution is -0.383. The fraction of sp³-hybridized carbons (Fsp3) is 0.167. The van der Waals surface area contributed by atoms with E-state index in [0.717, 1.165) is 4.88 Å². The molecule has 94 valence electrons. The number of nitro groups is 1.